The van der Waals surface area contributed by atoms with Gasteiger partial charge in [-0.3, -0.25) is 4.79 Å². The third-order valence-electron chi connectivity index (χ3n) is 1.93. The Balaban J connectivity index is 2.65. The number of benzene rings is 1. The molecule has 0 fully saturated rings. The van der Waals surface area contributed by atoms with E-state index in [4.69, 9.17) is 4.74 Å². The van der Waals surface area contributed by atoms with Crippen LogP contribution in [-0.4, -0.2) is 10.5 Å². The minimum Gasteiger partial charge on any atom is -0.477 e. The van der Waals surface area contributed by atoms with Crippen LogP contribution in [0.25, 0.3) is 10.9 Å². The minimum absolute atomic E-state index is 0.205. The maximum absolute atomic E-state index is 11.4. The average molecular weight is 254 g/mol. The van der Waals surface area contributed by atoms with Crippen LogP contribution in [-0.2, 0) is 0 Å². The van der Waals surface area contributed by atoms with E-state index in [0.29, 0.717) is 11.3 Å². The fourth-order valence-corrected chi connectivity index (χ4v) is 1.54. The summed E-state index contributed by atoms with van der Waals surface area (Å²) in [6, 6.07) is 9.30. The number of nitrogens with one attached hydrogen (secondary N) is 1. The number of pyridine rings is 1. The number of hydrogen-bond donors (Lipinski definition) is 1. The van der Waals surface area contributed by atoms with Crippen molar-refractivity contribution in [2.24, 2.45) is 0 Å². The van der Waals surface area contributed by atoms with Crippen LogP contribution in [0, 0.1) is 0 Å². The molecule has 1 heterocycles. The summed E-state index contributed by atoms with van der Waals surface area (Å²) in [5.41, 5.74) is 0.927. The Bertz CT molecular complexity index is 507. The third-order valence-corrected chi connectivity index (χ3v) is 2.16. The zero-order valence-electron chi connectivity index (χ0n) is 7.29. The molecule has 2 aromatic rings. The number of rotatable bonds is 2. The van der Waals surface area contributed by atoms with Crippen molar-refractivity contribution in [3.63, 3.8) is 0 Å². The zero-order valence-corrected chi connectivity index (χ0v) is 8.87. The second kappa shape index (κ2) is 3.84. The van der Waals surface area contributed by atoms with E-state index in [9.17, 15) is 4.79 Å². The number of ether oxygens (including phenoxy) is 1. The summed E-state index contributed by atoms with van der Waals surface area (Å²) in [7, 11) is 0. The van der Waals surface area contributed by atoms with E-state index in [2.05, 4.69) is 20.9 Å². The largest absolute Gasteiger partial charge is 0.477 e. The molecule has 4 heteroatoms. The van der Waals surface area contributed by atoms with Gasteiger partial charge in [-0.1, -0.05) is 18.2 Å². The molecule has 0 aliphatic carbocycles. The molecule has 0 radical (unpaired) electrons. The van der Waals surface area contributed by atoms with Gasteiger partial charge in [-0.25, -0.2) is 0 Å². The Labute approximate surface area is 88.8 Å². The van der Waals surface area contributed by atoms with Gasteiger partial charge in [-0.15, -0.1) is 0 Å². The van der Waals surface area contributed by atoms with Gasteiger partial charge >= 0.3 is 0 Å². The van der Waals surface area contributed by atoms with E-state index >= 15 is 0 Å². The van der Waals surface area contributed by atoms with E-state index in [1.54, 1.807) is 6.07 Å². The molecule has 14 heavy (non-hydrogen) atoms. The van der Waals surface area contributed by atoms with Gasteiger partial charge in [0.2, 0.25) is 0 Å². The standard InChI is InChI=1S/C10H8BrNO2/c11-6-14-9-5-7-3-1-2-4-8(7)12-10(9)13/h1-5H,6H2,(H,12,13). The number of hydrogen-bond acceptors (Lipinski definition) is 2. The van der Waals surface area contributed by atoms with E-state index in [1.807, 2.05) is 24.3 Å². The number of para-hydroxylation sites is 1. The molecule has 0 saturated carbocycles. The van der Waals surface area contributed by atoms with Crippen molar-refractivity contribution in [1.29, 1.82) is 0 Å². The second-order valence-corrected chi connectivity index (χ2v) is 3.26. The fraction of sp³-hybridized carbons (Fsp3) is 0.100. The number of H-pyrrole nitrogens is 1. The molecule has 0 aliphatic rings. The van der Waals surface area contributed by atoms with Crippen molar-refractivity contribution in [2.45, 2.75) is 0 Å². The van der Waals surface area contributed by atoms with Gasteiger partial charge in [0.15, 0.2) is 5.75 Å². The van der Waals surface area contributed by atoms with Crippen LogP contribution in [0.4, 0.5) is 0 Å². The molecule has 1 aromatic heterocycles. The number of alkyl halides is 1. The topological polar surface area (TPSA) is 42.1 Å². The van der Waals surface area contributed by atoms with Crippen molar-refractivity contribution in [1.82, 2.24) is 4.98 Å². The summed E-state index contributed by atoms with van der Waals surface area (Å²) in [5, 5.41) is 0.961. The molecule has 0 spiro atoms. The smallest absolute Gasteiger partial charge is 0.290 e. The first-order chi connectivity index (χ1) is 6.81. The molecule has 0 amide bonds. The van der Waals surface area contributed by atoms with Gasteiger partial charge in [-0.2, -0.15) is 0 Å². The maximum Gasteiger partial charge on any atom is 0.290 e. The number of aromatic nitrogens is 1. The normalized spacial score (nSPS) is 10.4. The lowest BCUT2D eigenvalue weighted by atomic mass is 10.2. The molecule has 0 unspecified atom stereocenters. The van der Waals surface area contributed by atoms with Crippen molar-refractivity contribution in [2.75, 3.05) is 5.52 Å². The Morgan fingerprint density at radius 3 is 2.93 bits per heavy atom. The Hall–Kier alpha value is -1.29. The summed E-state index contributed by atoms with van der Waals surface area (Å²) in [5.74, 6) is 0.334. The molecule has 1 N–H and O–H groups in total. The van der Waals surface area contributed by atoms with Crippen molar-refractivity contribution >= 4 is 26.8 Å². The van der Waals surface area contributed by atoms with Gasteiger partial charge < -0.3 is 9.72 Å². The molecule has 72 valence electrons. The first-order valence-corrected chi connectivity index (χ1v) is 5.24. The number of halogens is 1. The van der Waals surface area contributed by atoms with E-state index in [0.717, 1.165) is 10.9 Å². The summed E-state index contributed by atoms with van der Waals surface area (Å²) < 4.78 is 5.12. The highest BCUT2D eigenvalue weighted by Gasteiger charge is 2.01. The molecule has 2 rings (SSSR count). The van der Waals surface area contributed by atoms with Gasteiger partial charge in [0, 0.05) is 10.9 Å². The summed E-state index contributed by atoms with van der Waals surface area (Å²) >= 11 is 3.11. The predicted octanol–water partition coefficient (Wildman–Crippen LogP) is 2.26. The first kappa shape index (κ1) is 9.27. The first-order valence-electron chi connectivity index (χ1n) is 4.12. The van der Waals surface area contributed by atoms with E-state index in [1.165, 1.54) is 0 Å². The molecule has 0 bridgehead atoms. The van der Waals surface area contributed by atoms with Crippen molar-refractivity contribution in [3.05, 3.63) is 40.7 Å². The zero-order chi connectivity index (χ0) is 9.97. The summed E-state index contributed by atoms with van der Waals surface area (Å²) in [4.78, 5) is 14.2. The van der Waals surface area contributed by atoms with Gasteiger partial charge in [0.1, 0.15) is 5.52 Å². The SMILES string of the molecule is O=c1[nH]c2ccccc2cc1OCBr. The average Bonchev–Trinajstić information content (AvgIpc) is 2.19. The second-order valence-electron chi connectivity index (χ2n) is 2.80. The van der Waals surface area contributed by atoms with Crippen molar-refractivity contribution in [3.8, 4) is 5.75 Å². The quantitative estimate of drug-likeness (QED) is 0.835. The monoisotopic (exact) mass is 253 g/mol. The lowest BCUT2D eigenvalue weighted by molar-refractivity contribution is 0.393. The highest BCUT2D eigenvalue weighted by molar-refractivity contribution is 9.09. The van der Waals surface area contributed by atoms with E-state index in [-0.39, 0.29) is 5.56 Å². The molecule has 3 nitrogen and oxygen atoms in total. The Kier molecular flexibility index (Phi) is 2.54. The van der Waals surface area contributed by atoms with Gasteiger partial charge in [-0.05, 0) is 28.1 Å². The third kappa shape index (κ3) is 1.65. The maximum atomic E-state index is 11.4. The Morgan fingerprint density at radius 2 is 2.14 bits per heavy atom. The van der Waals surface area contributed by atoms with E-state index < -0.39 is 0 Å². The number of aromatic amines is 1. The lowest BCUT2D eigenvalue weighted by Crippen LogP contribution is -2.09. The van der Waals surface area contributed by atoms with Crippen LogP contribution in [0.15, 0.2) is 35.1 Å². The summed E-state index contributed by atoms with van der Waals surface area (Å²) in [6.45, 7) is 0. The van der Waals surface area contributed by atoms with Crippen LogP contribution in [0.5, 0.6) is 5.75 Å². The lowest BCUT2D eigenvalue weighted by Gasteiger charge is -2.02. The molecule has 0 atom stereocenters. The molecular formula is C10H8BrNO2. The number of fused-ring (bicyclic) bond motifs is 1. The molecular weight excluding hydrogens is 246 g/mol. The van der Waals surface area contributed by atoms with Gasteiger partial charge in [0.05, 0.1) is 0 Å². The molecule has 0 saturated heterocycles. The highest BCUT2D eigenvalue weighted by atomic mass is 79.9. The van der Waals surface area contributed by atoms with Crippen LogP contribution in [0.1, 0.15) is 0 Å². The highest BCUT2D eigenvalue weighted by Crippen LogP contribution is 2.14. The van der Waals surface area contributed by atoms with Crippen LogP contribution >= 0.6 is 15.9 Å². The van der Waals surface area contributed by atoms with Crippen LogP contribution in [0.3, 0.4) is 0 Å². The molecule has 0 aliphatic heterocycles. The van der Waals surface area contributed by atoms with Gasteiger partial charge in [0.25, 0.3) is 5.56 Å². The van der Waals surface area contributed by atoms with Crippen LogP contribution < -0.4 is 10.3 Å². The summed E-state index contributed by atoms with van der Waals surface area (Å²) in [6.07, 6.45) is 0. The predicted molar refractivity (Wildman–Crippen MR) is 59.0 cm³/mol. The van der Waals surface area contributed by atoms with Crippen LogP contribution in [0.2, 0.25) is 0 Å². The Morgan fingerprint density at radius 1 is 1.36 bits per heavy atom. The minimum atomic E-state index is -0.205. The van der Waals surface area contributed by atoms with Crippen molar-refractivity contribution < 1.29 is 4.74 Å². The molecule has 1 aromatic carbocycles. The fourth-order valence-electron chi connectivity index (χ4n) is 1.29.